The number of carbonyl (C=O) groups is 1. The molecule has 1 fully saturated rings. The molecule has 196 valence electrons. The summed E-state index contributed by atoms with van der Waals surface area (Å²) < 4.78 is 22.2. The van der Waals surface area contributed by atoms with Crippen molar-refractivity contribution in [3.05, 3.63) is 77.5 Å². The van der Waals surface area contributed by atoms with Crippen molar-refractivity contribution in [1.82, 2.24) is 9.88 Å². The van der Waals surface area contributed by atoms with Crippen LogP contribution in [-0.2, 0) is 17.9 Å². The number of rotatable bonds is 10. The van der Waals surface area contributed by atoms with Crippen LogP contribution in [0.15, 0.2) is 60.8 Å². The Balaban J connectivity index is 1.33. The van der Waals surface area contributed by atoms with E-state index in [1.165, 1.54) is 5.56 Å². The number of nitrogens with zero attached hydrogens (tertiary/aromatic N) is 3. The second kappa shape index (κ2) is 12.5. The summed E-state index contributed by atoms with van der Waals surface area (Å²) in [5.74, 6) is 2.66. The van der Waals surface area contributed by atoms with Crippen molar-refractivity contribution < 1.29 is 23.7 Å². The van der Waals surface area contributed by atoms with Crippen molar-refractivity contribution in [2.75, 3.05) is 45.3 Å². The van der Waals surface area contributed by atoms with Crippen LogP contribution in [0.2, 0.25) is 0 Å². The summed E-state index contributed by atoms with van der Waals surface area (Å²) in [6, 6.07) is 17.5. The number of hydrogen-bond acceptors (Lipinski definition) is 8. The number of hydrogen-bond donors (Lipinski definition) is 0. The van der Waals surface area contributed by atoms with Crippen molar-refractivity contribution in [3.8, 4) is 17.2 Å². The monoisotopic (exact) mass is 505 g/mol. The molecule has 2 aromatic carbocycles. The van der Waals surface area contributed by atoms with Crippen LogP contribution >= 0.6 is 0 Å². The molecule has 1 saturated heterocycles. The standard InChI is InChI=1S/C29H35N3O5/c1-21(2)37-29(33)26-9-6-12-30-28(26)32-15-13-31(14-16-32)19-22-7-5-8-25(17-22)36-20-23-10-11-24(34-3)18-27(23)35-4/h5-12,17-18,21H,13-16,19-20H2,1-4H3. The molecule has 0 saturated carbocycles. The van der Waals surface area contributed by atoms with E-state index in [-0.39, 0.29) is 12.1 Å². The van der Waals surface area contributed by atoms with E-state index in [0.29, 0.717) is 18.0 Å². The number of methoxy groups -OCH3 is 2. The third kappa shape index (κ3) is 6.92. The molecule has 2 heterocycles. The zero-order valence-corrected chi connectivity index (χ0v) is 22.0. The quantitative estimate of drug-likeness (QED) is 0.371. The van der Waals surface area contributed by atoms with E-state index in [1.807, 2.05) is 44.2 Å². The van der Waals surface area contributed by atoms with Gasteiger partial charge in [0.15, 0.2) is 0 Å². The van der Waals surface area contributed by atoms with Gasteiger partial charge in [-0.05, 0) is 55.8 Å². The molecule has 0 spiro atoms. The lowest BCUT2D eigenvalue weighted by Gasteiger charge is -2.36. The maximum atomic E-state index is 12.5. The Hall–Kier alpha value is -3.78. The van der Waals surface area contributed by atoms with Gasteiger partial charge < -0.3 is 23.8 Å². The van der Waals surface area contributed by atoms with Gasteiger partial charge in [-0.15, -0.1) is 0 Å². The summed E-state index contributed by atoms with van der Waals surface area (Å²) >= 11 is 0. The molecule has 0 amide bonds. The van der Waals surface area contributed by atoms with E-state index < -0.39 is 0 Å². The van der Waals surface area contributed by atoms with Crippen molar-refractivity contribution in [1.29, 1.82) is 0 Å². The van der Waals surface area contributed by atoms with Gasteiger partial charge in [0.2, 0.25) is 0 Å². The van der Waals surface area contributed by atoms with E-state index in [0.717, 1.165) is 55.5 Å². The molecule has 0 unspecified atom stereocenters. The van der Waals surface area contributed by atoms with Crippen LogP contribution in [0.25, 0.3) is 0 Å². The Kier molecular flexibility index (Phi) is 8.85. The highest BCUT2D eigenvalue weighted by atomic mass is 16.5. The van der Waals surface area contributed by atoms with Gasteiger partial charge in [-0.3, -0.25) is 4.90 Å². The molecule has 1 aliphatic heterocycles. The topological polar surface area (TPSA) is 73.4 Å². The number of piperazine rings is 1. The van der Waals surface area contributed by atoms with Gasteiger partial charge in [0.25, 0.3) is 0 Å². The first-order valence-electron chi connectivity index (χ1n) is 12.5. The first kappa shape index (κ1) is 26.3. The number of benzene rings is 2. The minimum absolute atomic E-state index is 0.171. The summed E-state index contributed by atoms with van der Waals surface area (Å²) in [4.78, 5) is 21.6. The Labute approximate surface area is 218 Å². The summed E-state index contributed by atoms with van der Waals surface area (Å²) in [7, 11) is 3.28. The van der Waals surface area contributed by atoms with E-state index >= 15 is 0 Å². The van der Waals surface area contributed by atoms with Crippen LogP contribution in [-0.4, -0.2) is 62.4 Å². The van der Waals surface area contributed by atoms with Gasteiger partial charge in [0.05, 0.1) is 20.3 Å². The maximum absolute atomic E-state index is 12.5. The Morgan fingerprint density at radius 1 is 0.946 bits per heavy atom. The van der Waals surface area contributed by atoms with Crippen molar-refractivity contribution in [2.45, 2.75) is 33.1 Å². The zero-order valence-electron chi connectivity index (χ0n) is 22.0. The zero-order chi connectivity index (χ0) is 26.2. The van der Waals surface area contributed by atoms with Crippen LogP contribution in [0, 0.1) is 0 Å². The Morgan fingerprint density at radius 3 is 2.49 bits per heavy atom. The summed E-state index contributed by atoms with van der Waals surface area (Å²) in [5.41, 5.74) is 2.66. The summed E-state index contributed by atoms with van der Waals surface area (Å²) in [6.07, 6.45) is 1.55. The van der Waals surface area contributed by atoms with Crippen molar-refractivity contribution in [3.63, 3.8) is 0 Å². The Morgan fingerprint density at radius 2 is 1.76 bits per heavy atom. The number of carbonyl (C=O) groups excluding carboxylic acids is 1. The number of ether oxygens (including phenoxy) is 4. The van der Waals surface area contributed by atoms with Crippen LogP contribution in [0.1, 0.15) is 35.3 Å². The molecule has 0 radical (unpaired) electrons. The Bertz CT molecular complexity index is 1190. The summed E-state index contributed by atoms with van der Waals surface area (Å²) in [5, 5.41) is 0. The minimum Gasteiger partial charge on any atom is -0.497 e. The molecule has 3 aromatic rings. The summed E-state index contributed by atoms with van der Waals surface area (Å²) in [6.45, 7) is 8.22. The molecule has 4 rings (SSSR count). The van der Waals surface area contributed by atoms with Gasteiger partial charge in [-0.2, -0.15) is 0 Å². The lowest BCUT2D eigenvalue weighted by Crippen LogP contribution is -2.46. The predicted molar refractivity (Wildman–Crippen MR) is 143 cm³/mol. The SMILES string of the molecule is COc1ccc(COc2cccc(CN3CCN(c4ncccc4C(=O)OC(C)C)CC3)c2)c(OC)c1. The number of aromatic nitrogens is 1. The van der Waals surface area contributed by atoms with E-state index in [2.05, 4.69) is 26.9 Å². The normalized spacial score (nSPS) is 13.9. The fraction of sp³-hybridized carbons (Fsp3) is 0.379. The smallest absolute Gasteiger partial charge is 0.342 e. The third-order valence-corrected chi connectivity index (χ3v) is 6.21. The van der Waals surface area contributed by atoms with E-state index in [1.54, 1.807) is 32.5 Å². The highest BCUT2D eigenvalue weighted by Gasteiger charge is 2.24. The molecule has 1 aromatic heterocycles. The average Bonchev–Trinajstić information content (AvgIpc) is 2.92. The first-order valence-corrected chi connectivity index (χ1v) is 12.5. The van der Waals surface area contributed by atoms with E-state index in [9.17, 15) is 4.79 Å². The second-order valence-electron chi connectivity index (χ2n) is 9.21. The fourth-order valence-corrected chi connectivity index (χ4v) is 4.33. The van der Waals surface area contributed by atoms with Crippen LogP contribution < -0.4 is 19.1 Å². The molecule has 8 nitrogen and oxygen atoms in total. The molecular weight excluding hydrogens is 470 g/mol. The molecule has 0 aliphatic carbocycles. The molecular formula is C29H35N3O5. The van der Waals surface area contributed by atoms with E-state index in [4.69, 9.17) is 18.9 Å². The third-order valence-electron chi connectivity index (χ3n) is 6.21. The van der Waals surface area contributed by atoms with Crippen LogP contribution in [0.4, 0.5) is 5.82 Å². The molecule has 0 N–H and O–H groups in total. The number of pyridine rings is 1. The van der Waals surface area contributed by atoms with Crippen molar-refractivity contribution in [2.24, 2.45) is 0 Å². The second-order valence-corrected chi connectivity index (χ2v) is 9.21. The number of anilines is 1. The van der Waals surface area contributed by atoms with Gasteiger partial charge in [0, 0.05) is 50.6 Å². The van der Waals surface area contributed by atoms with Crippen molar-refractivity contribution >= 4 is 11.8 Å². The molecule has 8 heteroatoms. The predicted octanol–water partition coefficient (Wildman–Crippen LogP) is 4.57. The molecule has 1 aliphatic rings. The van der Waals surface area contributed by atoms with Gasteiger partial charge >= 0.3 is 5.97 Å². The molecule has 0 atom stereocenters. The molecule has 37 heavy (non-hydrogen) atoms. The minimum atomic E-state index is -0.329. The van der Waals surface area contributed by atoms with Gasteiger partial charge in [0.1, 0.15) is 35.2 Å². The average molecular weight is 506 g/mol. The van der Waals surface area contributed by atoms with Gasteiger partial charge in [-0.25, -0.2) is 9.78 Å². The first-order chi connectivity index (χ1) is 18.0. The molecule has 0 bridgehead atoms. The largest absolute Gasteiger partial charge is 0.497 e. The highest BCUT2D eigenvalue weighted by molar-refractivity contribution is 5.94. The van der Waals surface area contributed by atoms with Gasteiger partial charge in [-0.1, -0.05) is 12.1 Å². The fourth-order valence-electron chi connectivity index (χ4n) is 4.33. The van der Waals surface area contributed by atoms with Crippen LogP contribution in [0.3, 0.4) is 0 Å². The highest BCUT2D eigenvalue weighted by Crippen LogP contribution is 2.26. The lowest BCUT2D eigenvalue weighted by atomic mass is 10.1. The maximum Gasteiger partial charge on any atom is 0.342 e. The van der Waals surface area contributed by atoms with Crippen LogP contribution in [0.5, 0.6) is 17.2 Å². The number of esters is 1. The lowest BCUT2D eigenvalue weighted by molar-refractivity contribution is 0.0378.